The van der Waals surface area contributed by atoms with Gasteiger partial charge >= 0.3 is 0 Å². The number of nitrogens with one attached hydrogen (secondary N) is 1. The van der Waals surface area contributed by atoms with E-state index in [0.29, 0.717) is 6.54 Å². The maximum atomic E-state index is 12.3. The molecule has 1 heterocycles. The Morgan fingerprint density at radius 3 is 2.64 bits per heavy atom. The molecule has 8 nitrogen and oxygen atoms in total. The second kappa shape index (κ2) is 8.36. The summed E-state index contributed by atoms with van der Waals surface area (Å²) in [5.41, 5.74) is -0.574. The molecule has 0 unspecified atom stereocenters. The summed E-state index contributed by atoms with van der Waals surface area (Å²) in [4.78, 5) is 47.7. The van der Waals surface area contributed by atoms with Gasteiger partial charge in [0.05, 0.1) is 10.5 Å². The maximum Gasteiger partial charge on any atom is 0.282 e. The zero-order chi connectivity index (χ0) is 18.4. The number of nitrogens with zero attached hydrogens (tertiary/aromatic N) is 2. The second-order valence-electron chi connectivity index (χ2n) is 5.88. The van der Waals surface area contributed by atoms with E-state index in [2.05, 4.69) is 12.2 Å². The minimum Gasteiger partial charge on any atom is -0.356 e. The van der Waals surface area contributed by atoms with E-state index in [-0.39, 0.29) is 30.0 Å². The van der Waals surface area contributed by atoms with Crippen molar-refractivity contribution in [2.45, 2.75) is 39.0 Å². The van der Waals surface area contributed by atoms with E-state index in [1.807, 2.05) is 0 Å². The molecule has 2 rings (SSSR count). The number of carbonyl (C=O) groups excluding carboxylic acids is 3. The van der Waals surface area contributed by atoms with Gasteiger partial charge in [0, 0.05) is 25.6 Å². The average Bonchev–Trinajstić information content (AvgIpc) is 2.84. The zero-order valence-electron chi connectivity index (χ0n) is 14.1. The van der Waals surface area contributed by atoms with E-state index in [4.69, 9.17) is 0 Å². The number of unbranched alkanes of at least 4 members (excludes halogenated alkanes) is 3. The van der Waals surface area contributed by atoms with Crippen LogP contribution in [0.4, 0.5) is 5.69 Å². The smallest absolute Gasteiger partial charge is 0.282 e. The monoisotopic (exact) mass is 347 g/mol. The largest absolute Gasteiger partial charge is 0.356 e. The third kappa shape index (κ3) is 4.20. The number of nitro benzene ring substituents is 1. The van der Waals surface area contributed by atoms with Crippen molar-refractivity contribution in [3.63, 3.8) is 0 Å². The van der Waals surface area contributed by atoms with Crippen molar-refractivity contribution in [2.75, 3.05) is 13.1 Å². The number of hydrogen-bond acceptors (Lipinski definition) is 5. The fourth-order valence-electron chi connectivity index (χ4n) is 2.75. The van der Waals surface area contributed by atoms with Crippen LogP contribution in [0.25, 0.3) is 0 Å². The van der Waals surface area contributed by atoms with E-state index in [9.17, 15) is 24.5 Å². The van der Waals surface area contributed by atoms with Crippen molar-refractivity contribution in [3.05, 3.63) is 39.4 Å². The summed E-state index contributed by atoms with van der Waals surface area (Å²) in [5, 5.41) is 13.8. The van der Waals surface area contributed by atoms with E-state index >= 15 is 0 Å². The lowest BCUT2D eigenvalue weighted by atomic mass is 10.1. The van der Waals surface area contributed by atoms with Crippen LogP contribution in [0.3, 0.4) is 0 Å². The summed E-state index contributed by atoms with van der Waals surface area (Å²) in [6.07, 6.45) is 4.13. The molecule has 0 spiro atoms. The molecule has 1 aromatic rings. The summed E-state index contributed by atoms with van der Waals surface area (Å²) in [6.45, 7) is 2.57. The van der Waals surface area contributed by atoms with Crippen LogP contribution in [0.2, 0.25) is 0 Å². The highest BCUT2D eigenvalue weighted by molar-refractivity contribution is 6.23. The van der Waals surface area contributed by atoms with Crippen LogP contribution in [0.5, 0.6) is 0 Å². The van der Waals surface area contributed by atoms with Gasteiger partial charge in [-0.05, 0) is 12.5 Å². The van der Waals surface area contributed by atoms with Gasteiger partial charge in [0.1, 0.15) is 5.56 Å². The van der Waals surface area contributed by atoms with Crippen LogP contribution in [0.1, 0.15) is 59.7 Å². The van der Waals surface area contributed by atoms with Gasteiger partial charge in [0.25, 0.3) is 17.5 Å². The zero-order valence-corrected chi connectivity index (χ0v) is 14.1. The number of fused-ring (bicyclic) bond motifs is 1. The lowest BCUT2D eigenvalue weighted by Gasteiger charge is -2.13. The number of hydrogen-bond donors (Lipinski definition) is 1. The van der Waals surface area contributed by atoms with Crippen LogP contribution in [-0.2, 0) is 4.79 Å². The summed E-state index contributed by atoms with van der Waals surface area (Å²) < 4.78 is 0. The Morgan fingerprint density at radius 2 is 1.96 bits per heavy atom. The molecule has 1 N–H and O–H groups in total. The summed E-state index contributed by atoms with van der Waals surface area (Å²) in [5.74, 6) is -1.56. The second-order valence-corrected chi connectivity index (χ2v) is 5.88. The van der Waals surface area contributed by atoms with Crippen LogP contribution in [0.15, 0.2) is 18.2 Å². The molecule has 0 saturated heterocycles. The van der Waals surface area contributed by atoms with Crippen molar-refractivity contribution in [2.24, 2.45) is 0 Å². The molecule has 0 fully saturated rings. The number of carbonyl (C=O) groups is 3. The first-order valence-electron chi connectivity index (χ1n) is 8.37. The van der Waals surface area contributed by atoms with Crippen molar-refractivity contribution < 1.29 is 19.3 Å². The number of rotatable bonds is 9. The molecule has 25 heavy (non-hydrogen) atoms. The fourth-order valence-corrected chi connectivity index (χ4v) is 2.75. The minimum atomic E-state index is -0.719. The highest BCUT2D eigenvalue weighted by atomic mass is 16.6. The minimum absolute atomic E-state index is 0.0131. The maximum absolute atomic E-state index is 12.3. The Labute approximate surface area is 145 Å². The first kappa shape index (κ1) is 18.6. The van der Waals surface area contributed by atoms with Gasteiger partial charge < -0.3 is 5.32 Å². The van der Waals surface area contributed by atoms with Crippen molar-refractivity contribution in [3.8, 4) is 0 Å². The molecule has 0 atom stereocenters. The van der Waals surface area contributed by atoms with Crippen molar-refractivity contribution in [1.29, 1.82) is 0 Å². The van der Waals surface area contributed by atoms with Crippen LogP contribution >= 0.6 is 0 Å². The molecule has 0 saturated carbocycles. The number of benzene rings is 1. The number of amides is 3. The lowest BCUT2D eigenvalue weighted by Crippen LogP contribution is -2.34. The molecule has 0 aromatic heterocycles. The van der Waals surface area contributed by atoms with Crippen LogP contribution in [0, 0.1) is 10.1 Å². The molecule has 3 amide bonds. The highest BCUT2D eigenvalue weighted by Crippen LogP contribution is 2.30. The number of nitro groups is 1. The molecule has 0 aliphatic carbocycles. The highest BCUT2D eigenvalue weighted by Gasteiger charge is 2.40. The van der Waals surface area contributed by atoms with Crippen LogP contribution < -0.4 is 5.32 Å². The SMILES string of the molecule is CCCCCCNC(=O)CCN1C(=O)c2cccc([N+](=O)[O-])c2C1=O. The fraction of sp³-hybridized carbons (Fsp3) is 0.471. The van der Waals surface area contributed by atoms with E-state index < -0.39 is 22.4 Å². The summed E-state index contributed by atoms with van der Waals surface area (Å²) in [6, 6.07) is 3.95. The van der Waals surface area contributed by atoms with Gasteiger partial charge in [-0.1, -0.05) is 32.3 Å². The quantitative estimate of drug-likeness (QED) is 0.319. The molecule has 8 heteroatoms. The Hall–Kier alpha value is -2.77. The molecule has 1 aliphatic rings. The molecular formula is C17H21N3O5. The van der Waals surface area contributed by atoms with E-state index in [0.717, 1.165) is 30.6 Å². The van der Waals surface area contributed by atoms with E-state index in [1.165, 1.54) is 18.2 Å². The van der Waals surface area contributed by atoms with Gasteiger partial charge in [-0.2, -0.15) is 0 Å². The molecule has 1 aliphatic heterocycles. The molecule has 134 valence electrons. The topological polar surface area (TPSA) is 110 Å². The normalized spacial score (nSPS) is 13.1. The predicted molar refractivity (Wildman–Crippen MR) is 90.2 cm³/mol. The average molecular weight is 347 g/mol. The Balaban J connectivity index is 1.93. The first-order valence-corrected chi connectivity index (χ1v) is 8.37. The Bertz CT molecular complexity index is 702. The number of imide groups is 1. The summed E-state index contributed by atoms with van der Waals surface area (Å²) >= 11 is 0. The summed E-state index contributed by atoms with van der Waals surface area (Å²) in [7, 11) is 0. The Morgan fingerprint density at radius 1 is 1.20 bits per heavy atom. The van der Waals surface area contributed by atoms with Gasteiger partial charge in [-0.3, -0.25) is 29.4 Å². The van der Waals surface area contributed by atoms with Crippen LogP contribution in [-0.4, -0.2) is 40.6 Å². The van der Waals surface area contributed by atoms with Gasteiger partial charge in [0.15, 0.2) is 0 Å². The van der Waals surface area contributed by atoms with E-state index in [1.54, 1.807) is 0 Å². The molecule has 0 radical (unpaired) electrons. The third-order valence-electron chi connectivity index (χ3n) is 4.09. The first-order chi connectivity index (χ1) is 12.0. The van der Waals surface area contributed by atoms with Gasteiger partial charge in [-0.25, -0.2) is 0 Å². The third-order valence-corrected chi connectivity index (χ3v) is 4.09. The van der Waals surface area contributed by atoms with Crippen molar-refractivity contribution in [1.82, 2.24) is 10.2 Å². The van der Waals surface area contributed by atoms with Crippen molar-refractivity contribution >= 4 is 23.4 Å². The van der Waals surface area contributed by atoms with Gasteiger partial charge in [0.2, 0.25) is 5.91 Å². The lowest BCUT2D eigenvalue weighted by molar-refractivity contribution is -0.385. The Kier molecular flexibility index (Phi) is 6.21. The standard InChI is InChI=1S/C17H21N3O5/c1-2-3-4-5-10-18-14(21)9-11-19-16(22)12-7-6-8-13(20(24)25)15(12)17(19)23/h6-8H,2-5,9-11H2,1H3,(H,18,21). The predicted octanol–water partition coefficient (Wildman–Crippen LogP) is 2.28. The molecular weight excluding hydrogens is 326 g/mol. The molecule has 1 aromatic carbocycles. The molecule has 0 bridgehead atoms. The van der Waals surface area contributed by atoms with Gasteiger partial charge in [-0.15, -0.1) is 0 Å².